The molecule has 0 aliphatic heterocycles. The van der Waals surface area contributed by atoms with E-state index >= 15 is 0 Å². The van der Waals surface area contributed by atoms with Crippen molar-refractivity contribution in [3.8, 4) is 0 Å². The van der Waals surface area contributed by atoms with E-state index in [0.29, 0.717) is 6.61 Å². The molecule has 0 amide bonds. The summed E-state index contributed by atoms with van der Waals surface area (Å²) in [7, 11) is 0. The number of hydrogen-bond acceptors (Lipinski definition) is 3. The fourth-order valence-electron chi connectivity index (χ4n) is 0.880. The van der Waals surface area contributed by atoms with Gasteiger partial charge in [0.05, 0.1) is 6.42 Å². The zero-order valence-electron chi connectivity index (χ0n) is 8.14. The van der Waals surface area contributed by atoms with Crippen LogP contribution >= 0.6 is 0 Å². The zero-order valence-corrected chi connectivity index (χ0v) is 8.14. The van der Waals surface area contributed by atoms with Crippen LogP contribution in [0.4, 0.5) is 0 Å². The average Bonchev–Trinajstić information content (AvgIpc) is 1.85. The van der Waals surface area contributed by atoms with Crippen LogP contribution in [0.2, 0.25) is 0 Å². The lowest BCUT2D eigenvalue weighted by atomic mass is 9.99. The topological polar surface area (TPSA) is 43.4 Å². The molecule has 0 spiro atoms. The number of carbonyl (C=O) groups excluding carboxylic acids is 2. The zero-order chi connectivity index (χ0) is 9.78. The number of Topliss-reactive ketones (excluding diaryl/α,β-unsaturated/α-hetero) is 2. The Morgan fingerprint density at radius 1 is 1.33 bits per heavy atom. The maximum atomic E-state index is 11.3. The second-order valence-corrected chi connectivity index (χ2v) is 3.25. The molecular formula is C9H16O3. The Bertz CT molecular complexity index is 182. The highest BCUT2D eigenvalue weighted by Gasteiger charge is 2.28. The van der Waals surface area contributed by atoms with Gasteiger partial charge < -0.3 is 4.74 Å². The van der Waals surface area contributed by atoms with Gasteiger partial charge >= 0.3 is 0 Å². The predicted molar refractivity (Wildman–Crippen MR) is 46.0 cm³/mol. The standard InChI is InChI=1S/C9H16O3/c1-5-12-9(3,4)8(11)6-7(2)10/h5-6H2,1-4H3. The van der Waals surface area contributed by atoms with Gasteiger partial charge in [0.25, 0.3) is 0 Å². The summed E-state index contributed by atoms with van der Waals surface area (Å²) in [6.07, 6.45) is -0.0347. The van der Waals surface area contributed by atoms with Crippen molar-refractivity contribution in [2.24, 2.45) is 0 Å². The summed E-state index contributed by atoms with van der Waals surface area (Å²) in [6, 6.07) is 0. The number of ketones is 2. The number of rotatable bonds is 5. The molecular weight excluding hydrogens is 156 g/mol. The van der Waals surface area contributed by atoms with E-state index in [9.17, 15) is 9.59 Å². The second-order valence-electron chi connectivity index (χ2n) is 3.25. The average molecular weight is 172 g/mol. The SMILES string of the molecule is CCOC(C)(C)C(=O)CC(C)=O. The van der Waals surface area contributed by atoms with Gasteiger partial charge in [-0.1, -0.05) is 0 Å². The highest BCUT2D eigenvalue weighted by Crippen LogP contribution is 2.12. The minimum Gasteiger partial charge on any atom is -0.368 e. The molecule has 0 saturated heterocycles. The van der Waals surface area contributed by atoms with Crippen molar-refractivity contribution in [2.45, 2.75) is 39.7 Å². The molecule has 0 unspecified atom stereocenters. The normalized spacial score (nSPS) is 11.3. The van der Waals surface area contributed by atoms with Gasteiger partial charge in [0.1, 0.15) is 11.4 Å². The first-order valence-electron chi connectivity index (χ1n) is 4.07. The van der Waals surface area contributed by atoms with Crippen molar-refractivity contribution >= 4 is 11.6 Å². The lowest BCUT2D eigenvalue weighted by Crippen LogP contribution is -2.36. The lowest BCUT2D eigenvalue weighted by molar-refractivity contribution is -0.142. The van der Waals surface area contributed by atoms with Crippen molar-refractivity contribution in [2.75, 3.05) is 6.61 Å². The molecule has 0 aliphatic carbocycles. The maximum absolute atomic E-state index is 11.3. The van der Waals surface area contributed by atoms with E-state index in [-0.39, 0.29) is 18.0 Å². The molecule has 70 valence electrons. The highest BCUT2D eigenvalue weighted by atomic mass is 16.5. The first-order valence-corrected chi connectivity index (χ1v) is 4.07. The molecule has 3 nitrogen and oxygen atoms in total. The van der Waals surface area contributed by atoms with E-state index in [1.165, 1.54) is 6.92 Å². The molecule has 0 radical (unpaired) electrons. The molecule has 0 atom stereocenters. The Labute approximate surface area is 73.1 Å². The minimum atomic E-state index is -0.819. The van der Waals surface area contributed by atoms with Crippen molar-refractivity contribution in [3.63, 3.8) is 0 Å². The summed E-state index contributed by atoms with van der Waals surface area (Å²) < 4.78 is 5.19. The number of ether oxygens (including phenoxy) is 1. The molecule has 12 heavy (non-hydrogen) atoms. The van der Waals surface area contributed by atoms with Gasteiger partial charge in [-0.3, -0.25) is 9.59 Å². The van der Waals surface area contributed by atoms with Crippen molar-refractivity contribution in [3.05, 3.63) is 0 Å². The molecule has 3 heteroatoms. The Balaban J connectivity index is 4.15. The smallest absolute Gasteiger partial charge is 0.171 e. The maximum Gasteiger partial charge on any atom is 0.171 e. The molecule has 0 fully saturated rings. The van der Waals surface area contributed by atoms with E-state index in [2.05, 4.69) is 0 Å². The summed E-state index contributed by atoms with van der Waals surface area (Å²) in [6.45, 7) is 7.07. The van der Waals surface area contributed by atoms with Crippen LogP contribution in [0.15, 0.2) is 0 Å². The van der Waals surface area contributed by atoms with Crippen LogP contribution in [0, 0.1) is 0 Å². The van der Waals surface area contributed by atoms with Crippen molar-refractivity contribution in [1.82, 2.24) is 0 Å². The Morgan fingerprint density at radius 3 is 2.17 bits per heavy atom. The monoisotopic (exact) mass is 172 g/mol. The van der Waals surface area contributed by atoms with Gasteiger partial charge in [-0.05, 0) is 27.7 Å². The van der Waals surface area contributed by atoms with Crippen LogP contribution in [-0.4, -0.2) is 23.8 Å². The van der Waals surface area contributed by atoms with Crippen molar-refractivity contribution in [1.29, 1.82) is 0 Å². The largest absolute Gasteiger partial charge is 0.368 e. The molecule has 0 aliphatic rings. The third-order valence-electron chi connectivity index (χ3n) is 1.59. The molecule has 0 saturated carbocycles. The van der Waals surface area contributed by atoms with Crippen LogP contribution < -0.4 is 0 Å². The van der Waals surface area contributed by atoms with Gasteiger partial charge in [-0.2, -0.15) is 0 Å². The highest BCUT2D eigenvalue weighted by molar-refractivity contribution is 6.01. The predicted octanol–water partition coefficient (Wildman–Crippen LogP) is 1.35. The van der Waals surface area contributed by atoms with Crippen LogP contribution in [0.1, 0.15) is 34.1 Å². The van der Waals surface area contributed by atoms with Gasteiger partial charge in [-0.15, -0.1) is 0 Å². The lowest BCUT2D eigenvalue weighted by Gasteiger charge is -2.22. The quantitative estimate of drug-likeness (QED) is 0.588. The molecule has 0 bridgehead atoms. The molecule has 0 N–H and O–H groups in total. The van der Waals surface area contributed by atoms with Gasteiger partial charge in [0.15, 0.2) is 5.78 Å². The second kappa shape index (κ2) is 4.36. The van der Waals surface area contributed by atoms with Crippen LogP contribution in [0.3, 0.4) is 0 Å². The molecule has 0 rings (SSSR count). The minimum absolute atomic E-state index is 0.0347. The van der Waals surface area contributed by atoms with Gasteiger partial charge in [0.2, 0.25) is 0 Å². The van der Waals surface area contributed by atoms with Crippen LogP contribution in [0.25, 0.3) is 0 Å². The molecule has 0 aromatic carbocycles. The number of hydrogen-bond donors (Lipinski definition) is 0. The summed E-state index contributed by atoms with van der Waals surface area (Å²) >= 11 is 0. The Kier molecular flexibility index (Phi) is 4.10. The van der Waals surface area contributed by atoms with E-state index in [0.717, 1.165) is 0 Å². The summed E-state index contributed by atoms with van der Waals surface area (Å²) in [5.41, 5.74) is -0.819. The fourth-order valence-corrected chi connectivity index (χ4v) is 0.880. The fraction of sp³-hybridized carbons (Fsp3) is 0.778. The van der Waals surface area contributed by atoms with E-state index in [1.807, 2.05) is 6.92 Å². The van der Waals surface area contributed by atoms with Gasteiger partial charge in [-0.25, -0.2) is 0 Å². The summed E-state index contributed by atoms with van der Waals surface area (Å²) in [5.74, 6) is -0.273. The molecule has 0 aromatic heterocycles. The Morgan fingerprint density at radius 2 is 1.83 bits per heavy atom. The summed E-state index contributed by atoms with van der Waals surface area (Å²) in [4.78, 5) is 21.9. The molecule has 0 heterocycles. The third kappa shape index (κ3) is 3.62. The Hall–Kier alpha value is -0.700. The van der Waals surface area contributed by atoms with Crippen LogP contribution in [-0.2, 0) is 14.3 Å². The third-order valence-corrected chi connectivity index (χ3v) is 1.59. The summed E-state index contributed by atoms with van der Waals surface area (Å²) in [5, 5.41) is 0. The van der Waals surface area contributed by atoms with Gasteiger partial charge in [0, 0.05) is 6.61 Å². The first-order chi connectivity index (χ1) is 5.40. The molecule has 0 aromatic rings. The van der Waals surface area contributed by atoms with Crippen molar-refractivity contribution < 1.29 is 14.3 Å². The van der Waals surface area contributed by atoms with E-state index in [4.69, 9.17) is 4.74 Å². The first kappa shape index (κ1) is 11.3. The van der Waals surface area contributed by atoms with E-state index in [1.54, 1.807) is 13.8 Å². The number of carbonyl (C=O) groups is 2. The van der Waals surface area contributed by atoms with Crippen LogP contribution in [0.5, 0.6) is 0 Å². The van der Waals surface area contributed by atoms with E-state index < -0.39 is 5.60 Å².